The fourth-order valence-corrected chi connectivity index (χ4v) is 2.95. The van der Waals surface area contributed by atoms with Gasteiger partial charge in [-0.25, -0.2) is 13.1 Å². The summed E-state index contributed by atoms with van der Waals surface area (Å²) in [6, 6.07) is 8.59. The molecule has 1 N–H and O–H groups in total. The smallest absolute Gasteiger partial charge is 0.223 e. The second-order valence-electron chi connectivity index (χ2n) is 4.40. The molecule has 0 saturated heterocycles. The summed E-state index contributed by atoms with van der Waals surface area (Å²) in [5, 5.41) is 12.6. The molecule has 2 rings (SSSR count). The Bertz CT molecular complexity index is 762. The van der Waals surface area contributed by atoms with Gasteiger partial charge in [-0.05, 0) is 11.6 Å². The predicted octanol–water partition coefficient (Wildman–Crippen LogP) is 0.912. The van der Waals surface area contributed by atoms with Gasteiger partial charge in [-0.2, -0.15) is 10.2 Å². The van der Waals surface area contributed by atoms with Crippen molar-refractivity contribution < 1.29 is 12.9 Å². The number of aromatic nitrogens is 2. The average molecular weight is 306 g/mol. The standard InChI is InChI=1S/C13H14N4O3S/c1-10-16-13(17-20-10)6-7-15-21(18,19)9-12-5-3-2-4-11(12)8-14/h2-5,15H,6-7,9H2,1H3. The molecule has 0 aliphatic carbocycles. The van der Waals surface area contributed by atoms with Crippen molar-refractivity contribution in [1.29, 1.82) is 5.26 Å². The molecule has 0 aliphatic rings. The van der Waals surface area contributed by atoms with Crippen LogP contribution in [-0.4, -0.2) is 25.1 Å². The van der Waals surface area contributed by atoms with Gasteiger partial charge in [-0.1, -0.05) is 23.4 Å². The Hall–Kier alpha value is -2.24. The highest BCUT2D eigenvalue weighted by atomic mass is 32.2. The van der Waals surface area contributed by atoms with Gasteiger partial charge in [0.1, 0.15) is 0 Å². The van der Waals surface area contributed by atoms with Gasteiger partial charge < -0.3 is 4.52 Å². The molecule has 2 aromatic rings. The summed E-state index contributed by atoms with van der Waals surface area (Å²) in [6.07, 6.45) is 0.344. The Morgan fingerprint density at radius 1 is 1.38 bits per heavy atom. The molecular weight excluding hydrogens is 292 g/mol. The van der Waals surface area contributed by atoms with Gasteiger partial charge >= 0.3 is 0 Å². The van der Waals surface area contributed by atoms with Crippen LogP contribution in [0.15, 0.2) is 28.8 Å². The monoisotopic (exact) mass is 306 g/mol. The highest BCUT2D eigenvalue weighted by Crippen LogP contribution is 2.10. The Labute approximate surface area is 122 Å². The van der Waals surface area contributed by atoms with Crippen LogP contribution in [0, 0.1) is 18.3 Å². The molecule has 1 heterocycles. The number of nitrogens with zero attached hydrogens (tertiary/aromatic N) is 3. The van der Waals surface area contributed by atoms with Crippen LogP contribution in [0.2, 0.25) is 0 Å². The maximum Gasteiger partial charge on any atom is 0.223 e. The quantitative estimate of drug-likeness (QED) is 0.849. The van der Waals surface area contributed by atoms with Crippen LogP contribution >= 0.6 is 0 Å². The van der Waals surface area contributed by atoms with Crippen molar-refractivity contribution in [3.63, 3.8) is 0 Å². The molecular formula is C13H14N4O3S. The van der Waals surface area contributed by atoms with Crippen LogP contribution in [0.4, 0.5) is 0 Å². The van der Waals surface area contributed by atoms with Gasteiger partial charge in [0, 0.05) is 19.9 Å². The van der Waals surface area contributed by atoms with Crippen LogP contribution < -0.4 is 4.72 Å². The first-order valence-corrected chi connectivity index (χ1v) is 7.90. The lowest BCUT2D eigenvalue weighted by Gasteiger charge is -2.06. The number of hydrogen-bond acceptors (Lipinski definition) is 6. The van der Waals surface area contributed by atoms with Gasteiger partial charge in [0.05, 0.1) is 17.4 Å². The molecule has 110 valence electrons. The molecule has 7 nitrogen and oxygen atoms in total. The average Bonchev–Trinajstić information content (AvgIpc) is 2.84. The first-order valence-electron chi connectivity index (χ1n) is 6.25. The fraction of sp³-hybridized carbons (Fsp3) is 0.308. The summed E-state index contributed by atoms with van der Waals surface area (Å²) < 4.78 is 31.2. The molecule has 0 amide bonds. The molecule has 1 aromatic heterocycles. The molecule has 8 heteroatoms. The van der Waals surface area contributed by atoms with Crippen molar-refractivity contribution >= 4 is 10.0 Å². The van der Waals surface area contributed by atoms with Crippen LogP contribution in [0.25, 0.3) is 0 Å². The molecule has 0 unspecified atom stereocenters. The molecule has 0 spiro atoms. The Kier molecular flexibility index (Phi) is 4.67. The zero-order chi connectivity index (χ0) is 15.3. The number of rotatable bonds is 6. The van der Waals surface area contributed by atoms with Crippen molar-refractivity contribution in [3.05, 3.63) is 47.1 Å². The largest absolute Gasteiger partial charge is 0.340 e. The van der Waals surface area contributed by atoms with Crippen LogP contribution in [0.5, 0.6) is 0 Å². The van der Waals surface area contributed by atoms with E-state index in [0.717, 1.165) is 0 Å². The zero-order valence-electron chi connectivity index (χ0n) is 11.4. The third-order valence-corrected chi connectivity index (χ3v) is 4.06. The van der Waals surface area contributed by atoms with Gasteiger partial charge in [-0.15, -0.1) is 0 Å². The summed E-state index contributed by atoms with van der Waals surface area (Å²) in [7, 11) is -3.52. The number of nitriles is 1. The first kappa shape index (κ1) is 15.2. The Morgan fingerprint density at radius 3 is 2.81 bits per heavy atom. The van der Waals surface area contributed by atoms with E-state index in [0.29, 0.717) is 29.3 Å². The molecule has 0 atom stereocenters. The molecule has 0 radical (unpaired) electrons. The third-order valence-electron chi connectivity index (χ3n) is 2.72. The highest BCUT2D eigenvalue weighted by Gasteiger charge is 2.14. The third kappa shape index (κ3) is 4.37. The van der Waals surface area contributed by atoms with Gasteiger partial charge in [0.25, 0.3) is 0 Å². The molecule has 21 heavy (non-hydrogen) atoms. The molecule has 1 aromatic carbocycles. The normalized spacial score (nSPS) is 11.2. The van der Waals surface area contributed by atoms with E-state index in [-0.39, 0.29) is 12.3 Å². The van der Waals surface area contributed by atoms with Gasteiger partial charge in [0.15, 0.2) is 5.82 Å². The fourth-order valence-electron chi connectivity index (χ4n) is 1.77. The van der Waals surface area contributed by atoms with E-state index in [1.807, 2.05) is 6.07 Å². The van der Waals surface area contributed by atoms with E-state index >= 15 is 0 Å². The predicted molar refractivity (Wildman–Crippen MR) is 74.5 cm³/mol. The summed E-state index contributed by atoms with van der Waals surface area (Å²) in [4.78, 5) is 3.99. The Morgan fingerprint density at radius 2 is 2.14 bits per heavy atom. The minimum Gasteiger partial charge on any atom is -0.340 e. The van der Waals surface area contributed by atoms with E-state index in [1.54, 1.807) is 31.2 Å². The van der Waals surface area contributed by atoms with E-state index in [1.165, 1.54) is 0 Å². The summed E-state index contributed by atoms with van der Waals surface area (Å²) in [5.41, 5.74) is 0.833. The van der Waals surface area contributed by atoms with Crippen LogP contribution in [-0.2, 0) is 22.2 Å². The van der Waals surface area contributed by atoms with E-state index < -0.39 is 10.0 Å². The van der Waals surface area contributed by atoms with Crippen molar-refractivity contribution in [2.24, 2.45) is 0 Å². The molecule has 0 fully saturated rings. The Balaban J connectivity index is 1.94. The minimum absolute atomic E-state index is 0.177. The zero-order valence-corrected chi connectivity index (χ0v) is 12.2. The number of aryl methyl sites for hydroxylation is 1. The van der Waals surface area contributed by atoms with Gasteiger partial charge in [-0.3, -0.25) is 0 Å². The van der Waals surface area contributed by atoms with E-state index in [9.17, 15) is 8.42 Å². The van der Waals surface area contributed by atoms with Crippen molar-refractivity contribution in [3.8, 4) is 6.07 Å². The van der Waals surface area contributed by atoms with Crippen LogP contribution in [0.1, 0.15) is 22.8 Å². The topological polar surface area (TPSA) is 109 Å². The molecule has 0 saturated carbocycles. The highest BCUT2D eigenvalue weighted by molar-refractivity contribution is 7.88. The summed E-state index contributed by atoms with van der Waals surface area (Å²) >= 11 is 0. The number of nitrogens with one attached hydrogen (secondary N) is 1. The SMILES string of the molecule is Cc1nc(CCNS(=O)(=O)Cc2ccccc2C#N)no1. The van der Waals surface area contributed by atoms with Crippen molar-refractivity contribution in [1.82, 2.24) is 14.9 Å². The van der Waals surface area contributed by atoms with E-state index in [2.05, 4.69) is 14.9 Å². The maximum absolute atomic E-state index is 12.0. The number of benzene rings is 1. The minimum atomic E-state index is -3.52. The maximum atomic E-state index is 12.0. The lowest BCUT2D eigenvalue weighted by atomic mass is 10.1. The lowest BCUT2D eigenvalue weighted by molar-refractivity contribution is 0.387. The van der Waals surface area contributed by atoms with Crippen molar-refractivity contribution in [2.75, 3.05) is 6.54 Å². The first-order chi connectivity index (χ1) is 10.00. The lowest BCUT2D eigenvalue weighted by Crippen LogP contribution is -2.27. The summed E-state index contributed by atoms with van der Waals surface area (Å²) in [5.74, 6) is 0.658. The second kappa shape index (κ2) is 6.47. The van der Waals surface area contributed by atoms with Gasteiger partial charge in [0.2, 0.25) is 15.9 Å². The van der Waals surface area contributed by atoms with E-state index in [4.69, 9.17) is 9.78 Å². The van der Waals surface area contributed by atoms with Crippen LogP contribution in [0.3, 0.4) is 0 Å². The summed E-state index contributed by atoms with van der Waals surface area (Å²) in [6.45, 7) is 1.84. The molecule has 0 aliphatic heterocycles. The number of hydrogen-bond donors (Lipinski definition) is 1. The molecule has 0 bridgehead atoms. The van der Waals surface area contributed by atoms with Crippen molar-refractivity contribution in [2.45, 2.75) is 19.1 Å². The number of sulfonamides is 1. The second-order valence-corrected chi connectivity index (χ2v) is 6.21.